The quantitative estimate of drug-likeness (QED) is 0.0614. The highest BCUT2D eigenvalue weighted by Crippen LogP contribution is 2.23. The molecule has 3 atom stereocenters. The number of halogens is 2. The first kappa shape index (κ1) is 43.2. The van der Waals surface area contributed by atoms with Crippen LogP contribution in [0.5, 0.6) is 0 Å². The zero-order valence-corrected chi connectivity index (χ0v) is 29.6. The normalized spacial score (nSPS) is 12.3. The molecule has 0 aliphatic carbocycles. The fourth-order valence-corrected chi connectivity index (χ4v) is 4.69. The molecule has 20 heteroatoms. The van der Waals surface area contributed by atoms with E-state index in [-0.39, 0.29) is 29.3 Å². The average molecular weight is 777 g/mol. The van der Waals surface area contributed by atoms with Crippen molar-refractivity contribution in [2.24, 2.45) is 17.2 Å². The summed E-state index contributed by atoms with van der Waals surface area (Å²) in [5, 5.41) is 14.2. The van der Waals surface area contributed by atoms with Crippen molar-refractivity contribution in [3.05, 3.63) is 75.8 Å². The van der Waals surface area contributed by atoms with Gasteiger partial charge in [-0.05, 0) is 35.8 Å². The predicted octanol–water partition coefficient (Wildman–Crippen LogP) is -2.32. The maximum atomic E-state index is 12.9. The number of hydrogen-bond acceptors (Lipinski definition) is 9. The molecular weight excluding hydrogens is 737 g/mol. The number of nitrogens with two attached hydrogens (primary N) is 3. The lowest BCUT2D eigenvalue weighted by Crippen LogP contribution is -2.55. The molecule has 3 unspecified atom stereocenters. The molecule has 0 spiro atoms. The van der Waals surface area contributed by atoms with Gasteiger partial charge in [-0.25, -0.2) is 0 Å². The zero-order chi connectivity index (χ0) is 39.5. The topological polar surface area (TPSA) is 304 Å². The first-order valence-electron chi connectivity index (χ1n) is 15.8. The van der Waals surface area contributed by atoms with E-state index in [2.05, 4.69) is 31.9 Å². The Kier molecular flexibility index (Phi) is 17.9. The molecule has 2 aromatic rings. The van der Waals surface area contributed by atoms with E-state index in [9.17, 15) is 43.2 Å². The standard InChI is InChI=1S/C33H39Cl2N9O9/c34-20-8-6-19(12-21(20)35)13-23(31(38)51)43-29(49)16-41-33(53)24(14-26(37)46)44-30(50)17-40-32(52)22(9-10-25(36)45)42-28(48)15-39-27(47)11-7-18-4-2-1-3-5-18/h1-8,11-12,22-24H,9-10,13-17H2,(H2,36,45)(H2,37,46)(H2,38,51)(H,39,47)(H,40,52)(H,41,53)(H,42,48)(H,43,49)(H,44,50)/b11-7+. The largest absolute Gasteiger partial charge is 0.370 e. The van der Waals surface area contributed by atoms with Crippen LogP contribution in [-0.2, 0) is 49.6 Å². The Balaban J connectivity index is 1.92. The summed E-state index contributed by atoms with van der Waals surface area (Å²) in [5.74, 6) is -7.78. The summed E-state index contributed by atoms with van der Waals surface area (Å²) in [6, 6.07) is 9.30. The van der Waals surface area contributed by atoms with Gasteiger partial charge >= 0.3 is 0 Å². The van der Waals surface area contributed by atoms with Gasteiger partial charge in [0, 0.05) is 18.9 Å². The second kappa shape index (κ2) is 22.0. The van der Waals surface area contributed by atoms with Crippen LogP contribution in [-0.4, -0.2) is 90.9 Å². The van der Waals surface area contributed by atoms with Crippen molar-refractivity contribution in [3.8, 4) is 0 Å². The SMILES string of the molecule is NC(=O)CCC(NC(=O)CNC(=O)/C=C/c1ccccc1)C(=O)NCC(=O)NC(CC(N)=O)C(=O)NCC(=O)NC(Cc1ccc(Cl)c(Cl)c1)C(N)=O. The molecule has 0 bridgehead atoms. The molecule has 2 rings (SSSR count). The lowest BCUT2D eigenvalue weighted by atomic mass is 10.1. The van der Waals surface area contributed by atoms with Crippen molar-refractivity contribution < 1.29 is 43.2 Å². The van der Waals surface area contributed by atoms with Gasteiger partial charge in [0.05, 0.1) is 36.1 Å². The van der Waals surface area contributed by atoms with Gasteiger partial charge in [-0.2, -0.15) is 0 Å². The van der Waals surface area contributed by atoms with Crippen LogP contribution in [0.2, 0.25) is 10.0 Å². The maximum Gasteiger partial charge on any atom is 0.244 e. The van der Waals surface area contributed by atoms with E-state index in [0.717, 1.165) is 5.56 Å². The second-order valence-corrected chi connectivity index (χ2v) is 12.1. The Morgan fingerprint density at radius 1 is 0.642 bits per heavy atom. The van der Waals surface area contributed by atoms with Gasteiger partial charge in [-0.1, -0.05) is 59.6 Å². The fourth-order valence-electron chi connectivity index (χ4n) is 4.37. The number of hydrogen-bond donors (Lipinski definition) is 9. The maximum absolute atomic E-state index is 12.9. The highest BCUT2D eigenvalue weighted by atomic mass is 35.5. The van der Waals surface area contributed by atoms with Crippen molar-refractivity contribution in [1.29, 1.82) is 0 Å². The van der Waals surface area contributed by atoms with Crippen molar-refractivity contribution in [2.75, 3.05) is 19.6 Å². The Labute approximate surface area is 313 Å². The fraction of sp³-hybridized carbons (Fsp3) is 0.303. The van der Waals surface area contributed by atoms with Crippen LogP contribution in [0.3, 0.4) is 0 Å². The van der Waals surface area contributed by atoms with Crippen LogP contribution in [0.25, 0.3) is 6.08 Å². The molecule has 0 fully saturated rings. The Hall–Kier alpha value is -6.01. The summed E-state index contributed by atoms with van der Waals surface area (Å²) in [6.07, 6.45) is 1.42. The number of nitrogens with one attached hydrogen (secondary N) is 6. The lowest BCUT2D eigenvalue weighted by Gasteiger charge is -2.20. The second-order valence-electron chi connectivity index (χ2n) is 11.3. The minimum absolute atomic E-state index is 0.0472. The molecule has 0 heterocycles. The van der Waals surface area contributed by atoms with Crippen molar-refractivity contribution in [3.63, 3.8) is 0 Å². The highest BCUT2D eigenvalue weighted by molar-refractivity contribution is 6.42. The minimum Gasteiger partial charge on any atom is -0.370 e. The van der Waals surface area contributed by atoms with Gasteiger partial charge < -0.3 is 49.1 Å². The Morgan fingerprint density at radius 3 is 1.74 bits per heavy atom. The van der Waals surface area contributed by atoms with Crippen molar-refractivity contribution >= 4 is 82.4 Å². The molecule has 0 aliphatic heterocycles. The van der Waals surface area contributed by atoms with Crippen molar-refractivity contribution in [1.82, 2.24) is 31.9 Å². The molecule has 284 valence electrons. The van der Waals surface area contributed by atoms with Gasteiger partial charge in [-0.3, -0.25) is 43.2 Å². The smallest absolute Gasteiger partial charge is 0.244 e. The van der Waals surface area contributed by atoms with E-state index in [0.29, 0.717) is 5.56 Å². The summed E-state index contributed by atoms with van der Waals surface area (Å²) >= 11 is 11.9. The van der Waals surface area contributed by atoms with E-state index in [4.69, 9.17) is 40.4 Å². The number of carbonyl (C=O) groups excluding carboxylic acids is 9. The molecule has 0 saturated carbocycles. The molecule has 0 aromatic heterocycles. The first-order valence-corrected chi connectivity index (χ1v) is 16.5. The minimum atomic E-state index is -1.59. The molecule has 2 aromatic carbocycles. The molecular formula is C33H39Cl2N9O9. The van der Waals surface area contributed by atoms with Crippen LogP contribution in [0.4, 0.5) is 0 Å². The Bertz CT molecular complexity index is 1720. The van der Waals surface area contributed by atoms with Gasteiger partial charge in [0.1, 0.15) is 18.1 Å². The molecule has 0 radical (unpaired) electrons. The highest BCUT2D eigenvalue weighted by Gasteiger charge is 2.26. The monoisotopic (exact) mass is 775 g/mol. The summed E-state index contributed by atoms with van der Waals surface area (Å²) in [4.78, 5) is 110. The number of primary amides is 3. The van der Waals surface area contributed by atoms with Crippen LogP contribution in [0, 0.1) is 0 Å². The summed E-state index contributed by atoms with van der Waals surface area (Å²) in [5.41, 5.74) is 17.1. The molecule has 9 amide bonds. The van der Waals surface area contributed by atoms with Gasteiger partial charge in [0.15, 0.2) is 0 Å². The molecule has 0 aliphatic rings. The molecule has 0 saturated heterocycles. The third-order valence-electron chi connectivity index (χ3n) is 6.99. The van der Waals surface area contributed by atoms with E-state index in [1.165, 1.54) is 24.3 Å². The summed E-state index contributed by atoms with van der Waals surface area (Å²) < 4.78 is 0. The van der Waals surface area contributed by atoms with E-state index >= 15 is 0 Å². The van der Waals surface area contributed by atoms with E-state index < -0.39 is 97.3 Å². The van der Waals surface area contributed by atoms with Crippen LogP contribution >= 0.6 is 23.2 Å². The van der Waals surface area contributed by atoms with E-state index in [1.54, 1.807) is 36.4 Å². The molecule has 18 nitrogen and oxygen atoms in total. The molecule has 12 N–H and O–H groups in total. The van der Waals surface area contributed by atoms with Gasteiger partial charge in [0.2, 0.25) is 53.2 Å². The average Bonchev–Trinajstić information content (AvgIpc) is 3.10. The molecule has 53 heavy (non-hydrogen) atoms. The van der Waals surface area contributed by atoms with Crippen molar-refractivity contribution in [2.45, 2.75) is 43.8 Å². The van der Waals surface area contributed by atoms with Crippen LogP contribution in [0.15, 0.2) is 54.6 Å². The number of carbonyl (C=O) groups is 9. The Morgan fingerprint density at radius 2 is 1.19 bits per heavy atom. The van der Waals surface area contributed by atoms with Gasteiger partial charge in [-0.15, -0.1) is 0 Å². The zero-order valence-electron chi connectivity index (χ0n) is 28.1. The number of rotatable bonds is 21. The third-order valence-corrected chi connectivity index (χ3v) is 7.73. The number of benzene rings is 2. The third kappa shape index (κ3) is 17.2. The van der Waals surface area contributed by atoms with E-state index in [1.807, 2.05) is 0 Å². The van der Waals surface area contributed by atoms with Crippen LogP contribution < -0.4 is 49.1 Å². The van der Waals surface area contributed by atoms with Gasteiger partial charge in [0.25, 0.3) is 0 Å². The first-order chi connectivity index (χ1) is 25.0. The predicted molar refractivity (Wildman–Crippen MR) is 192 cm³/mol. The summed E-state index contributed by atoms with van der Waals surface area (Å²) in [6.45, 7) is -1.99. The lowest BCUT2D eigenvalue weighted by molar-refractivity contribution is -0.133. The number of amides is 9. The van der Waals surface area contributed by atoms with Crippen LogP contribution in [0.1, 0.15) is 30.4 Å². The summed E-state index contributed by atoms with van der Waals surface area (Å²) in [7, 11) is 0.